The molecule has 0 fully saturated rings. The van der Waals surface area contributed by atoms with Gasteiger partial charge in [-0.3, -0.25) is 4.79 Å². The van der Waals surface area contributed by atoms with E-state index in [1.165, 1.54) is 0 Å². The first-order chi connectivity index (χ1) is 13.0. The van der Waals surface area contributed by atoms with Gasteiger partial charge in [0.05, 0.1) is 17.9 Å². The van der Waals surface area contributed by atoms with E-state index in [-0.39, 0.29) is 12.6 Å². The lowest BCUT2D eigenvalue weighted by molar-refractivity contribution is -0.123. The Balaban J connectivity index is 1.82. The minimum atomic E-state index is -0.392. The lowest BCUT2D eigenvalue weighted by Crippen LogP contribution is -2.25. The lowest BCUT2D eigenvalue weighted by Gasteiger charge is -2.07. The standard InChI is InChI=1S/C20H23N3O4/c1-3-12-26-20(25)16-6-10-18(11-7-16)27-13-19(24)23-22-14(2)15-4-8-17(21)9-5-15/h4-11H,3,12-13,21H2,1-2H3,(H,23,24). The molecule has 7 nitrogen and oxygen atoms in total. The van der Waals surface area contributed by atoms with Gasteiger partial charge >= 0.3 is 5.97 Å². The lowest BCUT2D eigenvalue weighted by atomic mass is 10.1. The third-order valence-electron chi connectivity index (χ3n) is 3.57. The highest BCUT2D eigenvalue weighted by molar-refractivity contribution is 5.99. The van der Waals surface area contributed by atoms with Gasteiger partial charge in [-0.1, -0.05) is 19.1 Å². The van der Waals surface area contributed by atoms with Crippen molar-refractivity contribution in [1.82, 2.24) is 5.43 Å². The smallest absolute Gasteiger partial charge is 0.338 e. The van der Waals surface area contributed by atoms with Crippen molar-refractivity contribution in [3.63, 3.8) is 0 Å². The molecule has 0 spiro atoms. The third kappa shape index (κ3) is 6.47. The zero-order chi connectivity index (χ0) is 19.6. The van der Waals surface area contributed by atoms with Crippen LogP contribution in [-0.2, 0) is 9.53 Å². The molecule has 142 valence electrons. The minimum Gasteiger partial charge on any atom is -0.484 e. The highest BCUT2D eigenvalue weighted by Crippen LogP contribution is 2.13. The molecular weight excluding hydrogens is 346 g/mol. The quantitative estimate of drug-likeness (QED) is 0.322. The molecule has 0 aliphatic rings. The zero-order valence-corrected chi connectivity index (χ0v) is 15.4. The number of anilines is 1. The summed E-state index contributed by atoms with van der Waals surface area (Å²) in [5.74, 6) is -0.304. The Morgan fingerprint density at radius 2 is 1.67 bits per heavy atom. The van der Waals surface area contributed by atoms with Crippen molar-refractivity contribution in [1.29, 1.82) is 0 Å². The molecule has 2 aromatic carbocycles. The van der Waals surface area contributed by atoms with E-state index in [9.17, 15) is 9.59 Å². The molecule has 2 rings (SSSR count). The second-order valence-electron chi connectivity index (χ2n) is 5.80. The van der Waals surface area contributed by atoms with Crippen LogP contribution in [0.25, 0.3) is 0 Å². The Bertz CT molecular complexity index is 799. The summed E-state index contributed by atoms with van der Waals surface area (Å²) in [6.45, 7) is 3.89. The van der Waals surface area contributed by atoms with Crippen LogP contribution >= 0.6 is 0 Å². The van der Waals surface area contributed by atoms with Crippen molar-refractivity contribution >= 4 is 23.3 Å². The third-order valence-corrected chi connectivity index (χ3v) is 3.57. The van der Waals surface area contributed by atoms with Gasteiger partial charge in [-0.05, 0) is 55.3 Å². The number of nitrogen functional groups attached to an aromatic ring is 1. The first-order valence-electron chi connectivity index (χ1n) is 8.58. The first kappa shape index (κ1) is 20.0. The molecule has 0 atom stereocenters. The van der Waals surface area contributed by atoms with Crippen LogP contribution < -0.4 is 15.9 Å². The number of hydrogen-bond acceptors (Lipinski definition) is 6. The molecule has 0 radical (unpaired) electrons. The van der Waals surface area contributed by atoms with Gasteiger partial charge in [-0.2, -0.15) is 5.10 Å². The summed E-state index contributed by atoms with van der Waals surface area (Å²) in [6.07, 6.45) is 0.766. The number of benzene rings is 2. The van der Waals surface area contributed by atoms with E-state index >= 15 is 0 Å². The number of ether oxygens (including phenoxy) is 2. The Labute approximate surface area is 158 Å². The summed E-state index contributed by atoms with van der Waals surface area (Å²) < 4.78 is 10.4. The Morgan fingerprint density at radius 3 is 2.30 bits per heavy atom. The van der Waals surface area contributed by atoms with E-state index in [1.54, 1.807) is 43.3 Å². The van der Waals surface area contributed by atoms with Crippen molar-refractivity contribution in [2.45, 2.75) is 20.3 Å². The summed E-state index contributed by atoms with van der Waals surface area (Å²) in [5, 5.41) is 4.04. The predicted octanol–water partition coefficient (Wildman–Crippen LogP) is 2.75. The molecule has 0 saturated carbocycles. The number of hydrogen-bond donors (Lipinski definition) is 2. The molecule has 7 heteroatoms. The highest BCUT2D eigenvalue weighted by atomic mass is 16.5. The summed E-state index contributed by atoms with van der Waals surface area (Å²) in [7, 11) is 0. The van der Waals surface area contributed by atoms with Crippen molar-refractivity contribution in [3.8, 4) is 5.75 Å². The summed E-state index contributed by atoms with van der Waals surface area (Å²) in [5.41, 5.74) is 10.7. The fourth-order valence-electron chi connectivity index (χ4n) is 2.08. The molecule has 0 saturated heterocycles. The van der Waals surface area contributed by atoms with Gasteiger partial charge in [-0.25, -0.2) is 10.2 Å². The zero-order valence-electron chi connectivity index (χ0n) is 15.4. The maximum Gasteiger partial charge on any atom is 0.338 e. The first-order valence-corrected chi connectivity index (χ1v) is 8.58. The number of esters is 1. The van der Waals surface area contributed by atoms with Gasteiger partial charge in [0.15, 0.2) is 6.61 Å². The average Bonchev–Trinajstić information content (AvgIpc) is 2.69. The fourth-order valence-corrected chi connectivity index (χ4v) is 2.08. The molecule has 3 N–H and O–H groups in total. The maximum atomic E-state index is 11.9. The fraction of sp³-hybridized carbons (Fsp3) is 0.250. The highest BCUT2D eigenvalue weighted by Gasteiger charge is 2.07. The minimum absolute atomic E-state index is 0.196. The number of nitrogens with zero attached hydrogens (tertiary/aromatic N) is 1. The molecule has 1 amide bonds. The predicted molar refractivity (Wildman–Crippen MR) is 104 cm³/mol. The number of carbonyl (C=O) groups excluding carboxylic acids is 2. The molecule has 0 aliphatic heterocycles. The van der Waals surface area contributed by atoms with Gasteiger partial charge in [0.1, 0.15) is 5.75 Å². The molecule has 27 heavy (non-hydrogen) atoms. The number of nitrogens with two attached hydrogens (primary N) is 1. The molecular formula is C20H23N3O4. The summed E-state index contributed by atoms with van der Waals surface area (Å²) in [6, 6.07) is 13.6. The Morgan fingerprint density at radius 1 is 1.04 bits per heavy atom. The molecule has 0 aromatic heterocycles. The average molecular weight is 369 g/mol. The maximum absolute atomic E-state index is 11.9. The van der Waals surface area contributed by atoms with Crippen LogP contribution in [-0.4, -0.2) is 30.8 Å². The van der Waals surface area contributed by atoms with Crippen molar-refractivity contribution in [3.05, 3.63) is 59.7 Å². The molecule has 2 aromatic rings. The second kappa shape index (κ2) is 9.96. The van der Waals surface area contributed by atoms with Gasteiger partial charge < -0.3 is 15.2 Å². The van der Waals surface area contributed by atoms with Crippen LogP contribution in [0.15, 0.2) is 53.6 Å². The Kier molecular flexibility index (Phi) is 7.37. The number of amides is 1. The topological polar surface area (TPSA) is 103 Å². The summed E-state index contributed by atoms with van der Waals surface area (Å²) >= 11 is 0. The molecule has 0 bridgehead atoms. The van der Waals surface area contributed by atoms with Gasteiger partial charge in [0.25, 0.3) is 5.91 Å². The number of hydrazone groups is 1. The van der Waals surface area contributed by atoms with E-state index < -0.39 is 5.91 Å². The van der Waals surface area contributed by atoms with Crippen LogP contribution in [0, 0.1) is 0 Å². The summed E-state index contributed by atoms with van der Waals surface area (Å²) in [4.78, 5) is 23.6. The van der Waals surface area contributed by atoms with E-state index in [0.717, 1.165) is 12.0 Å². The van der Waals surface area contributed by atoms with Crippen LogP contribution in [0.1, 0.15) is 36.2 Å². The normalized spacial score (nSPS) is 11.0. The number of rotatable bonds is 8. The monoisotopic (exact) mass is 369 g/mol. The van der Waals surface area contributed by atoms with E-state index in [0.29, 0.717) is 29.3 Å². The SMILES string of the molecule is CCCOC(=O)c1ccc(OCC(=O)NN=C(C)c2ccc(N)cc2)cc1. The van der Waals surface area contributed by atoms with Crippen molar-refractivity contribution in [2.75, 3.05) is 18.9 Å². The van der Waals surface area contributed by atoms with Crippen LogP contribution in [0.4, 0.5) is 5.69 Å². The van der Waals surface area contributed by atoms with Crippen LogP contribution in [0.3, 0.4) is 0 Å². The van der Waals surface area contributed by atoms with Gasteiger partial charge in [-0.15, -0.1) is 0 Å². The van der Waals surface area contributed by atoms with Gasteiger partial charge in [0, 0.05) is 5.69 Å². The molecule has 0 aliphatic carbocycles. The van der Waals surface area contributed by atoms with Crippen LogP contribution in [0.5, 0.6) is 5.75 Å². The van der Waals surface area contributed by atoms with Gasteiger partial charge in [0.2, 0.25) is 0 Å². The number of nitrogens with one attached hydrogen (secondary N) is 1. The molecule has 0 unspecified atom stereocenters. The largest absolute Gasteiger partial charge is 0.484 e. The van der Waals surface area contributed by atoms with Crippen molar-refractivity contribution in [2.24, 2.45) is 5.10 Å². The van der Waals surface area contributed by atoms with E-state index in [2.05, 4.69) is 10.5 Å². The number of carbonyl (C=O) groups is 2. The second-order valence-corrected chi connectivity index (χ2v) is 5.80. The Hall–Kier alpha value is -3.35. The van der Waals surface area contributed by atoms with E-state index in [4.69, 9.17) is 15.2 Å². The molecule has 0 heterocycles. The van der Waals surface area contributed by atoms with Crippen molar-refractivity contribution < 1.29 is 19.1 Å². The van der Waals surface area contributed by atoms with Crippen LogP contribution in [0.2, 0.25) is 0 Å². The van der Waals surface area contributed by atoms with E-state index in [1.807, 2.05) is 19.1 Å².